The van der Waals surface area contributed by atoms with Gasteiger partial charge in [-0.05, 0) is 26.0 Å². The van der Waals surface area contributed by atoms with E-state index in [2.05, 4.69) is 27.9 Å². The first-order valence-corrected chi connectivity index (χ1v) is 10.8. The number of hydrogen-bond acceptors (Lipinski definition) is 7. The molecule has 0 bridgehead atoms. The number of aromatic nitrogens is 2. The Morgan fingerprint density at radius 3 is 2.58 bits per heavy atom. The molecule has 2 N–H and O–H groups in total. The first kappa shape index (κ1) is 22.4. The fraction of sp³-hybridized carbons (Fsp3) is 0.320. The summed E-state index contributed by atoms with van der Waals surface area (Å²) < 4.78 is 7.29. The molecule has 0 saturated carbocycles. The highest BCUT2D eigenvalue weighted by Gasteiger charge is 2.27. The lowest BCUT2D eigenvalue weighted by molar-refractivity contribution is 0.415. The van der Waals surface area contributed by atoms with Crippen molar-refractivity contribution in [3.05, 3.63) is 57.8 Å². The second kappa shape index (κ2) is 8.61. The van der Waals surface area contributed by atoms with Crippen LogP contribution in [0.25, 0.3) is 16.5 Å². The van der Waals surface area contributed by atoms with Gasteiger partial charge in [-0.15, -0.1) is 0 Å². The standard InChI is InChI=1S/C25H30N6O2/c1-15-9-19-21(30(5)25(15)32)10-18(33-6)11-22(19)31-8-7-29(4)23-12-20(17(13-26)14-27-3)28-16(2)24(23)31/h9-14H,7-8,26H2,1-6H3/b17-13+,27-14?. The van der Waals surface area contributed by atoms with Gasteiger partial charge in [0, 0.05) is 75.3 Å². The highest BCUT2D eigenvalue weighted by Crippen LogP contribution is 2.43. The van der Waals surface area contributed by atoms with Gasteiger partial charge in [0.1, 0.15) is 5.75 Å². The number of anilines is 3. The Balaban J connectivity index is 2.00. The zero-order valence-electron chi connectivity index (χ0n) is 20.0. The van der Waals surface area contributed by atoms with Gasteiger partial charge < -0.3 is 24.8 Å². The van der Waals surface area contributed by atoms with Crippen LogP contribution >= 0.6 is 0 Å². The highest BCUT2D eigenvalue weighted by molar-refractivity contribution is 6.09. The average Bonchev–Trinajstić information content (AvgIpc) is 2.81. The second-order valence-electron chi connectivity index (χ2n) is 8.31. The van der Waals surface area contributed by atoms with Gasteiger partial charge in [-0.3, -0.25) is 14.8 Å². The Kier molecular flexibility index (Phi) is 5.84. The maximum atomic E-state index is 12.6. The van der Waals surface area contributed by atoms with Crippen LogP contribution in [0.15, 0.2) is 40.3 Å². The summed E-state index contributed by atoms with van der Waals surface area (Å²) in [7, 11) is 7.24. The number of methoxy groups -OCH3 is 1. The van der Waals surface area contributed by atoms with Crippen LogP contribution in [0.2, 0.25) is 0 Å². The van der Waals surface area contributed by atoms with Crippen molar-refractivity contribution < 1.29 is 4.74 Å². The molecule has 4 rings (SSSR count). The number of rotatable bonds is 4. The maximum Gasteiger partial charge on any atom is 0.253 e. The van der Waals surface area contributed by atoms with E-state index in [1.165, 1.54) is 6.20 Å². The number of pyridine rings is 2. The maximum absolute atomic E-state index is 12.6. The van der Waals surface area contributed by atoms with Gasteiger partial charge in [0.2, 0.25) is 0 Å². The molecule has 3 aromatic rings. The van der Waals surface area contributed by atoms with Gasteiger partial charge in [-0.2, -0.15) is 0 Å². The normalized spacial score (nSPS) is 14.3. The van der Waals surface area contributed by atoms with Crippen molar-refractivity contribution in [2.75, 3.05) is 44.1 Å². The molecule has 1 aromatic carbocycles. The third-order valence-electron chi connectivity index (χ3n) is 6.23. The number of nitrogens with zero attached hydrogens (tertiary/aromatic N) is 5. The molecule has 0 aliphatic carbocycles. The van der Waals surface area contributed by atoms with E-state index in [4.69, 9.17) is 15.5 Å². The number of aliphatic imine (C=N–C) groups is 1. The van der Waals surface area contributed by atoms with Crippen molar-refractivity contribution >= 4 is 39.8 Å². The van der Waals surface area contributed by atoms with Crippen LogP contribution in [0, 0.1) is 13.8 Å². The average molecular weight is 447 g/mol. The van der Waals surface area contributed by atoms with E-state index in [-0.39, 0.29) is 5.56 Å². The molecule has 8 nitrogen and oxygen atoms in total. The van der Waals surface area contributed by atoms with Gasteiger partial charge >= 0.3 is 0 Å². The van der Waals surface area contributed by atoms with E-state index in [1.54, 1.807) is 32.0 Å². The predicted molar refractivity (Wildman–Crippen MR) is 136 cm³/mol. The quantitative estimate of drug-likeness (QED) is 0.620. The third-order valence-corrected chi connectivity index (χ3v) is 6.23. The molecular formula is C25H30N6O2. The molecule has 0 unspecified atom stereocenters. The molecule has 0 saturated heterocycles. The number of nitrogens with two attached hydrogens (primary N) is 1. The molecule has 33 heavy (non-hydrogen) atoms. The third kappa shape index (κ3) is 3.71. The minimum absolute atomic E-state index is 0.0124. The molecule has 8 heteroatoms. The minimum Gasteiger partial charge on any atom is -0.497 e. The Morgan fingerprint density at radius 1 is 1.15 bits per heavy atom. The lowest BCUT2D eigenvalue weighted by Crippen LogP contribution is -2.37. The topological polar surface area (TPSA) is 89.0 Å². The van der Waals surface area contributed by atoms with Crippen molar-refractivity contribution in [3.8, 4) is 5.75 Å². The molecule has 172 valence electrons. The van der Waals surface area contributed by atoms with E-state index in [0.29, 0.717) is 11.3 Å². The van der Waals surface area contributed by atoms with Crippen molar-refractivity contribution in [1.29, 1.82) is 0 Å². The van der Waals surface area contributed by atoms with Crippen molar-refractivity contribution in [1.82, 2.24) is 9.55 Å². The zero-order valence-corrected chi connectivity index (χ0v) is 20.0. The zero-order chi connectivity index (χ0) is 23.9. The second-order valence-corrected chi connectivity index (χ2v) is 8.31. The van der Waals surface area contributed by atoms with Gasteiger partial charge in [0.25, 0.3) is 5.56 Å². The van der Waals surface area contributed by atoms with Gasteiger partial charge in [-0.25, -0.2) is 0 Å². The van der Waals surface area contributed by atoms with Crippen LogP contribution in [0.3, 0.4) is 0 Å². The lowest BCUT2D eigenvalue weighted by Gasteiger charge is -2.38. The van der Waals surface area contributed by atoms with E-state index in [1.807, 2.05) is 32.0 Å². The fourth-order valence-electron chi connectivity index (χ4n) is 4.49. The first-order valence-electron chi connectivity index (χ1n) is 10.8. The molecule has 0 amide bonds. The van der Waals surface area contributed by atoms with E-state index >= 15 is 0 Å². The summed E-state index contributed by atoms with van der Waals surface area (Å²) in [4.78, 5) is 26.1. The summed E-state index contributed by atoms with van der Waals surface area (Å²) in [5.74, 6) is 0.701. The van der Waals surface area contributed by atoms with Crippen molar-refractivity contribution in [2.24, 2.45) is 17.8 Å². The summed E-state index contributed by atoms with van der Waals surface area (Å²) in [6.07, 6.45) is 3.24. The predicted octanol–water partition coefficient (Wildman–Crippen LogP) is 3.15. The lowest BCUT2D eigenvalue weighted by atomic mass is 10.0. The molecule has 1 aliphatic rings. The van der Waals surface area contributed by atoms with Gasteiger partial charge in [0.05, 0.1) is 41.1 Å². The van der Waals surface area contributed by atoms with Crippen LogP contribution in [0.4, 0.5) is 17.1 Å². The minimum atomic E-state index is -0.0124. The number of likely N-dealkylation sites (N-methyl/N-ethyl adjacent to an activating group) is 1. The Labute approximate surface area is 193 Å². The molecule has 0 atom stereocenters. The summed E-state index contributed by atoms with van der Waals surface area (Å²) in [5.41, 5.74) is 12.9. The number of allylic oxidation sites excluding steroid dienone is 1. The summed E-state index contributed by atoms with van der Waals surface area (Å²) >= 11 is 0. The Hall–Kier alpha value is -3.81. The Morgan fingerprint density at radius 2 is 1.91 bits per heavy atom. The number of aryl methyl sites for hydroxylation is 3. The van der Waals surface area contributed by atoms with Crippen LogP contribution < -0.4 is 25.8 Å². The summed E-state index contributed by atoms with van der Waals surface area (Å²) in [6.45, 7) is 5.45. The Bertz CT molecular complexity index is 1360. The van der Waals surface area contributed by atoms with Crippen LogP contribution in [0.5, 0.6) is 5.75 Å². The molecule has 0 fully saturated rings. The largest absolute Gasteiger partial charge is 0.497 e. The molecule has 0 radical (unpaired) electrons. The molecule has 2 aromatic heterocycles. The molecule has 3 heterocycles. The van der Waals surface area contributed by atoms with Crippen molar-refractivity contribution in [3.63, 3.8) is 0 Å². The van der Waals surface area contributed by atoms with E-state index in [9.17, 15) is 4.79 Å². The van der Waals surface area contributed by atoms with Crippen LogP contribution in [-0.4, -0.2) is 50.1 Å². The van der Waals surface area contributed by atoms with E-state index in [0.717, 1.165) is 58.0 Å². The summed E-state index contributed by atoms with van der Waals surface area (Å²) in [6, 6.07) is 7.96. The smallest absolute Gasteiger partial charge is 0.253 e. The van der Waals surface area contributed by atoms with Crippen LogP contribution in [0.1, 0.15) is 17.0 Å². The molecular weight excluding hydrogens is 416 g/mol. The first-order chi connectivity index (χ1) is 15.8. The number of ether oxygens (including phenoxy) is 1. The van der Waals surface area contributed by atoms with Gasteiger partial charge in [-0.1, -0.05) is 0 Å². The molecule has 1 aliphatic heterocycles. The highest BCUT2D eigenvalue weighted by atomic mass is 16.5. The molecule has 0 spiro atoms. The van der Waals surface area contributed by atoms with Crippen LogP contribution in [-0.2, 0) is 7.05 Å². The van der Waals surface area contributed by atoms with Gasteiger partial charge in [0.15, 0.2) is 0 Å². The van der Waals surface area contributed by atoms with E-state index < -0.39 is 0 Å². The van der Waals surface area contributed by atoms with Crippen molar-refractivity contribution in [2.45, 2.75) is 13.8 Å². The fourth-order valence-corrected chi connectivity index (χ4v) is 4.49. The SMILES string of the molecule is CN=C/C(=C\N)c1cc2c(c(C)n1)N(c1cc(OC)cc3c1cc(C)c(=O)n3C)CCN2C. The monoisotopic (exact) mass is 446 g/mol. The summed E-state index contributed by atoms with van der Waals surface area (Å²) in [5, 5.41) is 0.995. The number of hydrogen-bond donors (Lipinski definition) is 1. The number of benzene rings is 1. The number of fused-ring (bicyclic) bond motifs is 2.